The van der Waals surface area contributed by atoms with Crippen molar-refractivity contribution in [2.75, 3.05) is 18.0 Å². The van der Waals surface area contributed by atoms with Crippen molar-refractivity contribution in [3.8, 4) is 11.5 Å². The smallest absolute Gasteiger partial charge is 0.267 e. The molecule has 1 aromatic carbocycles. The first-order valence-corrected chi connectivity index (χ1v) is 10.2. The topological polar surface area (TPSA) is 97.9 Å². The third-order valence-corrected chi connectivity index (χ3v) is 4.97. The highest BCUT2D eigenvalue weighted by atomic mass is 16.5. The highest BCUT2D eigenvalue weighted by Crippen LogP contribution is 2.28. The average molecular weight is 427 g/mol. The second-order valence-electron chi connectivity index (χ2n) is 6.86. The number of aryl methyl sites for hydroxylation is 1. The summed E-state index contributed by atoms with van der Waals surface area (Å²) in [4.78, 5) is 21.8. The van der Waals surface area contributed by atoms with E-state index in [-0.39, 0.29) is 5.90 Å². The van der Waals surface area contributed by atoms with Gasteiger partial charge in [-0.15, -0.1) is 15.3 Å². The third kappa shape index (κ3) is 3.98. The van der Waals surface area contributed by atoms with Gasteiger partial charge in [-0.25, -0.2) is 9.79 Å². The number of pyridine rings is 1. The molecule has 160 valence electrons. The maximum Gasteiger partial charge on any atom is 0.267 e. The molecule has 0 spiro atoms. The standard InChI is InChI=1S/C23H21N7O2/c1-4-29(5-2)17-10-11-18(16(3)15-17)25-20-22-27-26-21(19-9-6-7-12-24-19)30(22)28-23(20)32-14-8-13-31/h6-7,9-12,14-15H,4-5H2,1-3H3/b25-20+. The van der Waals surface area contributed by atoms with Crippen LogP contribution in [0.3, 0.4) is 0 Å². The minimum atomic E-state index is 0.169. The van der Waals surface area contributed by atoms with E-state index in [0.29, 0.717) is 23.1 Å². The predicted octanol–water partition coefficient (Wildman–Crippen LogP) is 3.31. The fourth-order valence-corrected chi connectivity index (χ4v) is 3.37. The number of aliphatic imine (C=N–C) groups is 1. The lowest BCUT2D eigenvalue weighted by Crippen LogP contribution is -2.21. The largest absolute Gasteiger partial charge is 0.435 e. The zero-order chi connectivity index (χ0) is 22.5. The summed E-state index contributed by atoms with van der Waals surface area (Å²) in [5.41, 5.74) is 6.09. The van der Waals surface area contributed by atoms with Crippen molar-refractivity contribution in [1.29, 1.82) is 0 Å². The number of carbonyl (C=O) groups excluding carboxylic acids is 1. The van der Waals surface area contributed by atoms with Crippen LogP contribution in [0.5, 0.6) is 0 Å². The maximum absolute atomic E-state index is 10.5. The first-order chi connectivity index (χ1) is 15.7. The monoisotopic (exact) mass is 427 g/mol. The quantitative estimate of drug-likeness (QED) is 0.340. The SMILES string of the molecule is CCN(CC)c1ccc(/N=C2/C(OC=C=C=O)=Nn3c2nnc3-c2ccccn2)c(C)c1. The van der Waals surface area contributed by atoms with Gasteiger partial charge in [0.15, 0.2) is 11.7 Å². The van der Waals surface area contributed by atoms with Gasteiger partial charge in [0.2, 0.25) is 11.6 Å². The Morgan fingerprint density at radius 1 is 1.16 bits per heavy atom. The Morgan fingerprint density at radius 3 is 2.66 bits per heavy atom. The number of fused-ring (bicyclic) bond motifs is 1. The van der Waals surface area contributed by atoms with Crippen molar-refractivity contribution < 1.29 is 9.53 Å². The minimum absolute atomic E-state index is 0.169. The van der Waals surface area contributed by atoms with Gasteiger partial charge in [-0.1, -0.05) is 6.07 Å². The molecule has 0 fully saturated rings. The highest BCUT2D eigenvalue weighted by Gasteiger charge is 2.30. The fourth-order valence-electron chi connectivity index (χ4n) is 3.37. The van der Waals surface area contributed by atoms with Crippen molar-refractivity contribution >= 4 is 28.9 Å². The Hall–Kier alpha value is -4.32. The molecular formula is C23H21N7O2. The molecule has 9 nitrogen and oxygen atoms in total. The summed E-state index contributed by atoms with van der Waals surface area (Å²) >= 11 is 0. The number of nitrogens with zero attached hydrogens (tertiary/aromatic N) is 7. The normalized spacial score (nSPS) is 13.2. The first-order valence-electron chi connectivity index (χ1n) is 10.2. The molecule has 0 N–H and O–H groups in total. The maximum atomic E-state index is 10.5. The van der Waals surface area contributed by atoms with Gasteiger partial charge in [-0.05, 0) is 56.7 Å². The fraction of sp³-hybridized carbons (Fsp3) is 0.217. The summed E-state index contributed by atoms with van der Waals surface area (Å²) in [5, 5.41) is 12.9. The molecule has 0 amide bonds. The molecule has 3 heterocycles. The van der Waals surface area contributed by atoms with Gasteiger partial charge in [-0.2, -0.15) is 4.68 Å². The van der Waals surface area contributed by atoms with Crippen LogP contribution in [0.4, 0.5) is 11.4 Å². The Bertz CT molecular complexity index is 1280. The summed E-state index contributed by atoms with van der Waals surface area (Å²) < 4.78 is 7.02. The molecule has 32 heavy (non-hydrogen) atoms. The van der Waals surface area contributed by atoms with Crippen LogP contribution in [0.1, 0.15) is 25.2 Å². The third-order valence-electron chi connectivity index (χ3n) is 4.97. The molecular weight excluding hydrogens is 406 g/mol. The van der Waals surface area contributed by atoms with Crippen LogP contribution < -0.4 is 4.90 Å². The number of ether oxygens (including phenoxy) is 1. The Kier molecular flexibility index (Phi) is 6.03. The van der Waals surface area contributed by atoms with E-state index in [1.165, 1.54) is 10.6 Å². The lowest BCUT2D eigenvalue weighted by Gasteiger charge is -2.21. The minimum Gasteiger partial charge on any atom is -0.435 e. The van der Waals surface area contributed by atoms with Gasteiger partial charge < -0.3 is 9.64 Å². The van der Waals surface area contributed by atoms with Crippen molar-refractivity contribution in [1.82, 2.24) is 19.9 Å². The molecule has 0 unspecified atom stereocenters. The summed E-state index contributed by atoms with van der Waals surface area (Å²) in [6.45, 7) is 8.09. The lowest BCUT2D eigenvalue weighted by molar-refractivity contribution is 0.479. The van der Waals surface area contributed by atoms with Gasteiger partial charge in [0.25, 0.3) is 5.90 Å². The van der Waals surface area contributed by atoms with E-state index >= 15 is 0 Å². The average Bonchev–Trinajstić information content (AvgIpc) is 3.37. The van der Waals surface area contributed by atoms with Crippen LogP contribution in [0.15, 0.2) is 64.7 Å². The van der Waals surface area contributed by atoms with Gasteiger partial charge in [0.05, 0.1) is 5.69 Å². The van der Waals surface area contributed by atoms with Crippen molar-refractivity contribution in [2.24, 2.45) is 10.1 Å². The second kappa shape index (κ2) is 9.22. The van der Waals surface area contributed by atoms with E-state index in [1.807, 2.05) is 37.3 Å². The van der Waals surface area contributed by atoms with Crippen LogP contribution in [-0.2, 0) is 9.53 Å². The molecule has 0 saturated carbocycles. The van der Waals surface area contributed by atoms with E-state index in [2.05, 4.69) is 50.8 Å². The summed E-state index contributed by atoms with van der Waals surface area (Å²) in [6.07, 6.45) is 2.75. The van der Waals surface area contributed by atoms with Crippen molar-refractivity contribution in [3.63, 3.8) is 0 Å². The van der Waals surface area contributed by atoms with Crippen LogP contribution in [0.2, 0.25) is 0 Å². The van der Waals surface area contributed by atoms with Crippen LogP contribution in [0, 0.1) is 6.92 Å². The summed E-state index contributed by atoms with van der Waals surface area (Å²) in [6, 6.07) is 11.6. The zero-order valence-electron chi connectivity index (χ0n) is 18.0. The summed E-state index contributed by atoms with van der Waals surface area (Å²) in [7, 11) is 0. The number of hydrogen-bond acceptors (Lipinski definition) is 8. The predicted molar refractivity (Wildman–Crippen MR) is 122 cm³/mol. The molecule has 0 saturated heterocycles. The highest BCUT2D eigenvalue weighted by molar-refractivity contribution is 6.46. The van der Waals surface area contributed by atoms with Crippen molar-refractivity contribution in [3.05, 3.63) is 66.0 Å². The van der Waals surface area contributed by atoms with E-state index < -0.39 is 0 Å². The van der Waals surface area contributed by atoms with E-state index in [1.54, 1.807) is 6.20 Å². The number of benzene rings is 1. The molecule has 0 radical (unpaired) electrons. The molecule has 0 atom stereocenters. The number of rotatable bonds is 6. The van der Waals surface area contributed by atoms with Gasteiger partial charge in [0.1, 0.15) is 12.0 Å². The second-order valence-corrected chi connectivity index (χ2v) is 6.86. The lowest BCUT2D eigenvalue weighted by atomic mass is 10.1. The Labute approximate surface area is 185 Å². The molecule has 4 rings (SSSR count). The molecule has 1 aliphatic rings. The van der Waals surface area contributed by atoms with Crippen LogP contribution in [-0.4, -0.2) is 50.5 Å². The zero-order valence-corrected chi connectivity index (χ0v) is 18.0. The van der Waals surface area contributed by atoms with Gasteiger partial charge in [0, 0.05) is 30.7 Å². The molecule has 0 aliphatic carbocycles. The number of anilines is 1. The number of hydrogen-bond donors (Lipinski definition) is 0. The van der Waals surface area contributed by atoms with Crippen LogP contribution in [0.25, 0.3) is 11.5 Å². The van der Waals surface area contributed by atoms with E-state index in [4.69, 9.17) is 9.73 Å². The van der Waals surface area contributed by atoms with Crippen molar-refractivity contribution in [2.45, 2.75) is 20.8 Å². The Morgan fingerprint density at radius 2 is 1.97 bits per heavy atom. The molecule has 3 aromatic rings. The molecule has 2 aromatic heterocycles. The number of aromatic nitrogens is 4. The van der Waals surface area contributed by atoms with E-state index in [9.17, 15) is 4.79 Å². The summed E-state index contributed by atoms with van der Waals surface area (Å²) in [5.74, 6) is 2.56. The van der Waals surface area contributed by atoms with Gasteiger partial charge >= 0.3 is 0 Å². The van der Waals surface area contributed by atoms with Crippen LogP contribution >= 0.6 is 0 Å². The molecule has 9 heteroatoms. The Balaban J connectivity index is 1.78. The molecule has 1 aliphatic heterocycles. The molecule has 0 bridgehead atoms. The van der Waals surface area contributed by atoms with E-state index in [0.717, 1.165) is 36.3 Å². The first kappa shape index (κ1) is 20.9. The van der Waals surface area contributed by atoms with Gasteiger partial charge in [-0.3, -0.25) is 4.98 Å².